The van der Waals surface area contributed by atoms with Crippen molar-refractivity contribution in [2.45, 2.75) is 0 Å². The van der Waals surface area contributed by atoms with Crippen molar-refractivity contribution >= 4 is 23.4 Å². The maximum Gasteiger partial charge on any atom is 0.254 e. The second kappa shape index (κ2) is 8.47. The Morgan fingerprint density at radius 1 is 1.17 bits per heavy atom. The van der Waals surface area contributed by atoms with Crippen LogP contribution < -0.4 is 9.64 Å². The maximum absolute atomic E-state index is 12.8. The Kier molecular flexibility index (Phi) is 5.59. The van der Waals surface area contributed by atoms with E-state index in [9.17, 15) is 10.1 Å². The van der Waals surface area contributed by atoms with Crippen molar-refractivity contribution in [2.75, 3.05) is 38.2 Å². The molecule has 1 aliphatic heterocycles. The van der Waals surface area contributed by atoms with E-state index in [2.05, 4.69) is 11.1 Å². The molecule has 1 amide bonds. The Bertz CT molecular complexity index is 1100. The normalized spacial score (nSPS) is 13.8. The first-order chi connectivity index (χ1) is 14.6. The molecule has 1 aromatic heterocycles. The van der Waals surface area contributed by atoms with Gasteiger partial charge in [0.2, 0.25) is 17.5 Å². The minimum absolute atomic E-state index is 0.0477. The van der Waals surface area contributed by atoms with E-state index < -0.39 is 0 Å². The second-order valence-electron chi connectivity index (χ2n) is 6.80. The van der Waals surface area contributed by atoms with Crippen LogP contribution in [0.25, 0.3) is 11.5 Å². The Labute approximate surface area is 179 Å². The summed E-state index contributed by atoms with van der Waals surface area (Å²) in [5.41, 5.74) is 1.56. The minimum Gasteiger partial charge on any atom is -0.497 e. The van der Waals surface area contributed by atoms with Gasteiger partial charge in [0.15, 0.2) is 0 Å². The standard InChI is InChI=1S/C22H19ClN4O3/c1-29-18-4-2-3-16(13-18)21(28)26-9-11-27(12-10-26)22-19(14-24)25-20(30-22)15-5-7-17(23)8-6-15/h2-8,13H,9-12H2,1H3. The molecule has 152 valence electrons. The summed E-state index contributed by atoms with van der Waals surface area (Å²) in [5, 5.41) is 10.1. The molecule has 1 fully saturated rings. The van der Waals surface area contributed by atoms with E-state index in [0.717, 1.165) is 5.56 Å². The van der Waals surface area contributed by atoms with E-state index in [-0.39, 0.29) is 11.6 Å². The largest absolute Gasteiger partial charge is 0.497 e. The van der Waals surface area contributed by atoms with Crippen LogP contribution in [-0.4, -0.2) is 49.1 Å². The number of anilines is 1. The number of methoxy groups -OCH3 is 1. The first-order valence-electron chi connectivity index (χ1n) is 9.44. The van der Waals surface area contributed by atoms with Crippen LogP contribution in [0.5, 0.6) is 5.75 Å². The number of hydrogen-bond donors (Lipinski definition) is 0. The number of halogens is 1. The summed E-state index contributed by atoms with van der Waals surface area (Å²) in [7, 11) is 1.57. The first-order valence-corrected chi connectivity index (χ1v) is 9.82. The Morgan fingerprint density at radius 2 is 1.90 bits per heavy atom. The van der Waals surface area contributed by atoms with Crippen LogP contribution in [0.15, 0.2) is 52.9 Å². The molecule has 0 saturated carbocycles. The molecule has 2 aromatic carbocycles. The molecule has 7 nitrogen and oxygen atoms in total. The molecule has 30 heavy (non-hydrogen) atoms. The van der Waals surface area contributed by atoms with Gasteiger partial charge in [0.05, 0.1) is 7.11 Å². The van der Waals surface area contributed by atoms with Crippen LogP contribution in [0.2, 0.25) is 5.02 Å². The zero-order valence-corrected chi connectivity index (χ0v) is 17.1. The predicted molar refractivity (Wildman–Crippen MR) is 113 cm³/mol. The second-order valence-corrected chi connectivity index (χ2v) is 7.24. The van der Waals surface area contributed by atoms with Gasteiger partial charge in [0.25, 0.3) is 5.91 Å². The molecular weight excluding hydrogens is 404 g/mol. The molecular formula is C22H19ClN4O3. The molecule has 0 unspecified atom stereocenters. The lowest BCUT2D eigenvalue weighted by Crippen LogP contribution is -2.48. The van der Waals surface area contributed by atoms with Crippen molar-refractivity contribution in [3.63, 3.8) is 0 Å². The van der Waals surface area contributed by atoms with E-state index in [1.54, 1.807) is 60.5 Å². The molecule has 2 heterocycles. The van der Waals surface area contributed by atoms with Gasteiger partial charge in [0, 0.05) is 42.3 Å². The predicted octanol–water partition coefficient (Wildman–Crippen LogP) is 3.84. The zero-order chi connectivity index (χ0) is 21.1. The van der Waals surface area contributed by atoms with E-state index in [1.165, 1.54) is 0 Å². The third-order valence-corrected chi connectivity index (χ3v) is 5.23. The van der Waals surface area contributed by atoms with E-state index >= 15 is 0 Å². The highest BCUT2D eigenvalue weighted by atomic mass is 35.5. The van der Waals surface area contributed by atoms with Gasteiger partial charge in [0.1, 0.15) is 11.8 Å². The number of carbonyl (C=O) groups is 1. The van der Waals surface area contributed by atoms with E-state index in [0.29, 0.717) is 54.3 Å². The molecule has 3 aromatic rings. The monoisotopic (exact) mass is 422 g/mol. The lowest BCUT2D eigenvalue weighted by Gasteiger charge is -2.34. The zero-order valence-electron chi connectivity index (χ0n) is 16.3. The number of carbonyl (C=O) groups excluding carboxylic acids is 1. The smallest absolute Gasteiger partial charge is 0.254 e. The Hall–Kier alpha value is -3.50. The summed E-state index contributed by atoms with van der Waals surface area (Å²) in [4.78, 5) is 20.9. The number of hydrogen-bond acceptors (Lipinski definition) is 6. The first kappa shape index (κ1) is 19.8. The van der Waals surface area contributed by atoms with Crippen LogP contribution in [0.1, 0.15) is 16.1 Å². The Balaban J connectivity index is 1.48. The van der Waals surface area contributed by atoms with Gasteiger partial charge in [-0.05, 0) is 42.5 Å². The lowest BCUT2D eigenvalue weighted by atomic mass is 10.1. The summed E-state index contributed by atoms with van der Waals surface area (Å²) in [5.74, 6) is 1.40. The third kappa shape index (κ3) is 3.95. The summed E-state index contributed by atoms with van der Waals surface area (Å²) in [6, 6.07) is 16.3. The number of benzene rings is 2. The van der Waals surface area contributed by atoms with E-state index in [4.69, 9.17) is 20.8 Å². The molecule has 0 radical (unpaired) electrons. The molecule has 4 rings (SSSR count). The fraction of sp³-hybridized carbons (Fsp3) is 0.227. The third-order valence-electron chi connectivity index (χ3n) is 4.98. The molecule has 0 aliphatic carbocycles. The fourth-order valence-corrected chi connectivity index (χ4v) is 3.49. The van der Waals surface area contributed by atoms with Crippen molar-refractivity contribution in [3.05, 3.63) is 64.8 Å². The van der Waals surface area contributed by atoms with Crippen molar-refractivity contribution in [1.82, 2.24) is 9.88 Å². The minimum atomic E-state index is -0.0477. The van der Waals surface area contributed by atoms with Gasteiger partial charge in [-0.1, -0.05) is 17.7 Å². The summed E-state index contributed by atoms with van der Waals surface area (Å²) in [6.07, 6.45) is 0. The number of oxazole rings is 1. The number of aromatic nitrogens is 1. The SMILES string of the molecule is COc1cccc(C(=O)N2CCN(c3oc(-c4ccc(Cl)cc4)nc3C#N)CC2)c1. The number of piperazine rings is 1. The Morgan fingerprint density at radius 3 is 2.57 bits per heavy atom. The highest BCUT2D eigenvalue weighted by molar-refractivity contribution is 6.30. The number of ether oxygens (including phenoxy) is 1. The number of amides is 1. The highest BCUT2D eigenvalue weighted by Gasteiger charge is 2.27. The van der Waals surface area contributed by atoms with Crippen molar-refractivity contribution in [2.24, 2.45) is 0 Å². The van der Waals surface area contributed by atoms with Crippen molar-refractivity contribution in [1.29, 1.82) is 5.26 Å². The van der Waals surface area contributed by atoms with Gasteiger partial charge in [-0.15, -0.1) is 0 Å². The number of nitriles is 1. The molecule has 0 bridgehead atoms. The molecule has 0 spiro atoms. The molecule has 0 N–H and O–H groups in total. The van der Waals surface area contributed by atoms with Gasteiger partial charge in [-0.25, -0.2) is 0 Å². The quantitative estimate of drug-likeness (QED) is 0.635. The van der Waals surface area contributed by atoms with Crippen LogP contribution in [0.4, 0.5) is 5.88 Å². The van der Waals surface area contributed by atoms with Gasteiger partial charge >= 0.3 is 0 Å². The van der Waals surface area contributed by atoms with Crippen LogP contribution >= 0.6 is 11.6 Å². The van der Waals surface area contributed by atoms with Gasteiger partial charge in [-0.3, -0.25) is 4.79 Å². The number of rotatable bonds is 4. The average molecular weight is 423 g/mol. The summed E-state index contributed by atoms with van der Waals surface area (Å²) in [6.45, 7) is 2.11. The molecule has 8 heteroatoms. The maximum atomic E-state index is 12.8. The van der Waals surface area contributed by atoms with Crippen LogP contribution in [0, 0.1) is 11.3 Å². The summed E-state index contributed by atoms with van der Waals surface area (Å²) >= 11 is 5.93. The van der Waals surface area contributed by atoms with Crippen molar-refractivity contribution in [3.8, 4) is 23.3 Å². The van der Waals surface area contributed by atoms with Crippen molar-refractivity contribution < 1.29 is 13.9 Å². The lowest BCUT2D eigenvalue weighted by molar-refractivity contribution is 0.0745. The van der Waals surface area contributed by atoms with Crippen LogP contribution in [-0.2, 0) is 0 Å². The van der Waals surface area contributed by atoms with Crippen LogP contribution in [0.3, 0.4) is 0 Å². The average Bonchev–Trinajstić information content (AvgIpc) is 3.23. The molecule has 1 saturated heterocycles. The number of nitrogens with zero attached hydrogens (tertiary/aromatic N) is 4. The van der Waals surface area contributed by atoms with Gasteiger partial charge in [-0.2, -0.15) is 10.2 Å². The van der Waals surface area contributed by atoms with Gasteiger partial charge < -0.3 is 19.0 Å². The molecule has 1 aliphatic rings. The topological polar surface area (TPSA) is 82.6 Å². The van der Waals surface area contributed by atoms with E-state index in [1.807, 2.05) is 4.90 Å². The highest BCUT2D eigenvalue weighted by Crippen LogP contribution is 2.29. The molecule has 0 atom stereocenters. The summed E-state index contributed by atoms with van der Waals surface area (Å²) < 4.78 is 11.1. The fourth-order valence-electron chi connectivity index (χ4n) is 3.37.